The second-order valence-corrected chi connectivity index (χ2v) is 8.92. The van der Waals surface area contributed by atoms with Crippen LogP contribution in [0.2, 0.25) is 0 Å². The summed E-state index contributed by atoms with van der Waals surface area (Å²) in [7, 11) is 0. The molecule has 4 rings (SSSR count). The largest absolute Gasteiger partial charge is 0.493 e. The van der Waals surface area contributed by atoms with E-state index >= 15 is 0 Å². The Morgan fingerprint density at radius 3 is 2.22 bits per heavy atom. The lowest BCUT2D eigenvalue weighted by Gasteiger charge is -2.34. The van der Waals surface area contributed by atoms with Crippen molar-refractivity contribution in [3.63, 3.8) is 0 Å². The molecule has 190 valence electrons. The SMILES string of the molecule is CCCNC(=O)CN1CCN(C(=O)c2cc(CN3C(=O)c4ccccc4C3=O)ccc2OCC)CC1. The summed E-state index contributed by atoms with van der Waals surface area (Å²) in [6.45, 7) is 7.50. The number of nitrogens with zero attached hydrogens (tertiary/aromatic N) is 3. The minimum Gasteiger partial charge on any atom is -0.493 e. The van der Waals surface area contributed by atoms with E-state index in [1.165, 1.54) is 4.90 Å². The fraction of sp³-hybridized carbons (Fsp3) is 0.407. The Labute approximate surface area is 211 Å². The van der Waals surface area contributed by atoms with Crippen molar-refractivity contribution in [3.8, 4) is 5.75 Å². The van der Waals surface area contributed by atoms with Crippen LogP contribution in [0.3, 0.4) is 0 Å². The van der Waals surface area contributed by atoms with Gasteiger partial charge in [-0.05, 0) is 43.2 Å². The molecule has 2 aliphatic heterocycles. The van der Waals surface area contributed by atoms with Crippen LogP contribution in [0.25, 0.3) is 0 Å². The molecule has 0 unspecified atom stereocenters. The van der Waals surface area contributed by atoms with Crippen LogP contribution in [-0.2, 0) is 11.3 Å². The smallest absolute Gasteiger partial charge is 0.261 e. The van der Waals surface area contributed by atoms with Gasteiger partial charge in [-0.1, -0.05) is 25.1 Å². The third-order valence-corrected chi connectivity index (χ3v) is 6.39. The molecule has 0 spiro atoms. The number of carbonyl (C=O) groups is 4. The minimum atomic E-state index is -0.337. The fourth-order valence-electron chi connectivity index (χ4n) is 4.49. The summed E-state index contributed by atoms with van der Waals surface area (Å²) in [6.07, 6.45) is 0.891. The van der Waals surface area contributed by atoms with E-state index in [1.807, 2.05) is 18.7 Å². The number of ether oxygens (including phenoxy) is 1. The summed E-state index contributed by atoms with van der Waals surface area (Å²) in [5, 5.41) is 2.88. The highest BCUT2D eigenvalue weighted by Crippen LogP contribution is 2.27. The highest BCUT2D eigenvalue weighted by Gasteiger charge is 2.35. The molecule has 1 fully saturated rings. The molecule has 0 radical (unpaired) electrons. The molecule has 0 saturated carbocycles. The van der Waals surface area contributed by atoms with E-state index in [-0.39, 0.29) is 30.2 Å². The van der Waals surface area contributed by atoms with Crippen molar-refractivity contribution in [3.05, 3.63) is 64.7 Å². The van der Waals surface area contributed by atoms with Crippen LogP contribution < -0.4 is 10.1 Å². The molecule has 2 aromatic rings. The Balaban J connectivity index is 1.45. The topological polar surface area (TPSA) is 99.3 Å². The first-order valence-corrected chi connectivity index (χ1v) is 12.4. The molecule has 1 saturated heterocycles. The maximum Gasteiger partial charge on any atom is 0.261 e. The number of hydrogen-bond donors (Lipinski definition) is 1. The van der Waals surface area contributed by atoms with Crippen LogP contribution in [0.4, 0.5) is 0 Å². The number of hydrogen-bond acceptors (Lipinski definition) is 6. The molecular formula is C27H32N4O5. The lowest BCUT2D eigenvalue weighted by atomic mass is 10.1. The summed E-state index contributed by atoms with van der Waals surface area (Å²) >= 11 is 0. The quantitative estimate of drug-likeness (QED) is 0.539. The van der Waals surface area contributed by atoms with Gasteiger partial charge in [0.05, 0.1) is 36.4 Å². The van der Waals surface area contributed by atoms with Gasteiger partial charge in [0.1, 0.15) is 5.75 Å². The van der Waals surface area contributed by atoms with E-state index in [9.17, 15) is 19.2 Å². The van der Waals surface area contributed by atoms with Gasteiger partial charge in [-0.3, -0.25) is 29.0 Å². The number of imide groups is 1. The fourth-order valence-corrected chi connectivity index (χ4v) is 4.49. The molecule has 36 heavy (non-hydrogen) atoms. The van der Waals surface area contributed by atoms with Gasteiger partial charge in [0.25, 0.3) is 17.7 Å². The Bertz CT molecular complexity index is 1120. The molecular weight excluding hydrogens is 460 g/mol. The minimum absolute atomic E-state index is 0.00359. The molecule has 4 amide bonds. The third kappa shape index (κ3) is 5.41. The van der Waals surface area contributed by atoms with E-state index < -0.39 is 0 Å². The molecule has 0 bridgehead atoms. The number of fused-ring (bicyclic) bond motifs is 1. The first-order valence-electron chi connectivity index (χ1n) is 12.4. The third-order valence-electron chi connectivity index (χ3n) is 6.39. The standard InChI is InChI=1S/C27H32N4O5/c1-3-11-28-24(32)18-29-12-14-30(15-13-29)25(33)22-16-19(9-10-23(22)36-4-2)17-31-26(34)20-7-5-6-8-21(20)27(31)35/h5-10,16H,3-4,11-15,17-18H2,1-2H3,(H,28,32). The zero-order chi connectivity index (χ0) is 25.7. The summed E-state index contributed by atoms with van der Waals surface area (Å²) in [5.74, 6) is -0.378. The zero-order valence-electron chi connectivity index (χ0n) is 20.8. The molecule has 1 N–H and O–H groups in total. The van der Waals surface area contributed by atoms with Gasteiger partial charge in [-0.25, -0.2) is 0 Å². The van der Waals surface area contributed by atoms with E-state index in [4.69, 9.17) is 4.74 Å². The Morgan fingerprint density at radius 2 is 1.61 bits per heavy atom. The van der Waals surface area contributed by atoms with E-state index in [1.54, 1.807) is 47.4 Å². The summed E-state index contributed by atoms with van der Waals surface area (Å²) in [6, 6.07) is 12.0. The predicted octanol–water partition coefficient (Wildman–Crippen LogP) is 2.17. The van der Waals surface area contributed by atoms with E-state index in [0.29, 0.717) is 73.9 Å². The molecule has 0 aromatic heterocycles. The van der Waals surface area contributed by atoms with Crippen molar-refractivity contribution in [1.82, 2.24) is 20.0 Å². The van der Waals surface area contributed by atoms with Crippen molar-refractivity contribution in [2.75, 3.05) is 45.9 Å². The van der Waals surface area contributed by atoms with Crippen molar-refractivity contribution in [2.45, 2.75) is 26.8 Å². The Hall–Kier alpha value is -3.72. The van der Waals surface area contributed by atoms with Crippen molar-refractivity contribution < 1.29 is 23.9 Å². The highest BCUT2D eigenvalue weighted by atomic mass is 16.5. The lowest BCUT2D eigenvalue weighted by Crippen LogP contribution is -2.51. The van der Waals surface area contributed by atoms with Crippen LogP contribution >= 0.6 is 0 Å². The second kappa shape index (κ2) is 11.3. The monoisotopic (exact) mass is 492 g/mol. The lowest BCUT2D eigenvalue weighted by molar-refractivity contribution is -0.122. The Kier molecular flexibility index (Phi) is 8.00. The number of benzene rings is 2. The number of nitrogens with one attached hydrogen (secondary N) is 1. The van der Waals surface area contributed by atoms with Gasteiger partial charge in [0.15, 0.2) is 0 Å². The van der Waals surface area contributed by atoms with Crippen molar-refractivity contribution in [2.24, 2.45) is 0 Å². The first kappa shape index (κ1) is 25.4. The first-order chi connectivity index (χ1) is 17.4. The van der Waals surface area contributed by atoms with Gasteiger partial charge >= 0.3 is 0 Å². The van der Waals surface area contributed by atoms with Gasteiger partial charge in [-0.15, -0.1) is 0 Å². The average molecular weight is 493 g/mol. The number of piperazine rings is 1. The van der Waals surface area contributed by atoms with Crippen LogP contribution in [-0.4, -0.2) is 84.2 Å². The van der Waals surface area contributed by atoms with Crippen molar-refractivity contribution >= 4 is 23.6 Å². The van der Waals surface area contributed by atoms with Gasteiger partial charge < -0.3 is 15.0 Å². The van der Waals surface area contributed by atoms with Gasteiger partial charge in [0, 0.05) is 32.7 Å². The van der Waals surface area contributed by atoms with Gasteiger partial charge in [-0.2, -0.15) is 0 Å². The normalized spacial score (nSPS) is 15.7. The summed E-state index contributed by atoms with van der Waals surface area (Å²) in [5.41, 5.74) is 1.86. The van der Waals surface area contributed by atoms with Crippen molar-refractivity contribution in [1.29, 1.82) is 0 Å². The average Bonchev–Trinajstić information content (AvgIpc) is 3.13. The van der Waals surface area contributed by atoms with Crippen LogP contribution in [0.5, 0.6) is 5.75 Å². The highest BCUT2D eigenvalue weighted by molar-refractivity contribution is 6.21. The molecule has 9 heteroatoms. The molecule has 9 nitrogen and oxygen atoms in total. The molecule has 2 aromatic carbocycles. The zero-order valence-corrected chi connectivity index (χ0v) is 20.8. The van der Waals surface area contributed by atoms with Crippen LogP contribution in [0.1, 0.15) is 56.9 Å². The molecule has 2 aliphatic rings. The number of amides is 4. The summed E-state index contributed by atoms with van der Waals surface area (Å²) in [4.78, 5) is 56.0. The summed E-state index contributed by atoms with van der Waals surface area (Å²) < 4.78 is 5.72. The maximum absolute atomic E-state index is 13.5. The number of rotatable bonds is 9. The molecule has 0 atom stereocenters. The van der Waals surface area contributed by atoms with Crippen LogP contribution in [0, 0.1) is 0 Å². The second-order valence-electron chi connectivity index (χ2n) is 8.92. The van der Waals surface area contributed by atoms with E-state index in [2.05, 4.69) is 5.32 Å². The Morgan fingerprint density at radius 1 is 0.944 bits per heavy atom. The van der Waals surface area contributed by atoms with E-state index in [0.717, 1.165) is 6.42 Å². The maximum atomic E-state index is 13.5. The van der Waals surface area contributed by atoms with Gasteiger partial charge in [0.2, 0.25) is 5.91 Å². The predicted molar refractivity (Wildman–Crippen MR) is 134 cm³/mol. The molecule has 0 aliphatic carbocycles. The number of carbonyl (C=O) groups excluding carboxylic acids is 4. The van der Waals surface area contributed by atoms with Crippen LogP contribution in [0.15, 0.2) is 42.5 Å². The molecule has 2 heterocycles.